The summed E-state index contributed by atoms with van der Waals surface area (Å²) in [5.74, 6) is -0.891. The number of aryl methyl sites for hydroxylation is 1. The van der Waals surface area contributed by atoms with Crippen LogP contribution in [-0.2, 0) is 26.4 Å². The molecule has 1 aliphatic carbocycles. The number of amides is 2. The van der Waals surface area contributed by atoms with Gasteiger partial charge in [-0.3, -0.25) is 14.5 Å². The van der Waals surface area contributed by atoms with Crippen LogP contribution in [0.2, 0.25) is 0 Å². The molecule has 1 aliphatic heterocycles. The fraction of sp³-hybridized carbons (Fsp3) is 0.323. The number of carbonyl (C=O) groups is 3. The van der Waals surface area contributed by atoms with E-state index in [2.05, 4.69) is 10.2 Å². The summed E-state index contributed by atoms with van der Waals surface area (Å²) in [6.45, 7) is 3.68. The summed E-state index contributed by atoms with van der Waals surface area (Å²) in [5.41, 5.74) is 10.2. The average Bonchev–Trinajstić information content (AvgIpc) is 3.73. The molecule has 0 aromatic heterocycles. The number of nitrogens with two attached hydrogens (primary N) is 1. The molecule has 2 fully saturated rings. The van der Waals surface area contributed by atoms with Crippen molar-refractivity contribution in [3.63, 3.8) is 0 Å². The van der Waals surface area contributed by atoms with E-state index in [0.717, 1.165) is 40.7 Å². The van der Waals surface area contributed by atoms with Crippen molar-refractivity contribution < 1.29 is 29.0 Å². The molecule has 1 atom stereocenters. The van der Waals surface area contributed by atoms with Gasteiger partial charge in [0.25, 0.3) is 0 Å². The van der Waals surface area contributed by atoms with E-state index in [1.165, 1.54) is 7.11 Å². The monoisotopic (exact) mass is 543 g/mol. The second kappa shape index (κ2) is 11.1. The van der Waals surface area contributed by atoms with E-state index < -0.39 is 23.5 Å². The fourth-order valence-electron chi connectivity index (χ4n) is 5.34. The largest absolute Gasteiger partial charge is 0.508 e. The van der Waals surface area contributed by atoms with Crippen LogP contribution in [-0.4, -0.2) is 60.7 Å². The molecule has 0 radical (unpaired) electrons. The van der Waals surface area contributed by atoms with E-state index in [-0.39, 0.29) is 18.3 Å². The van der Waals surface area contributed by atoms with Gasteiger partial charge in [0, 0.05) is 18.7 Å². The minimum Gasteiger partial charge on any atom is -0.508 e. The van der Waals surface area contributed by atoms with Gasteiger partial charge in [0.1, 0.15) is 11.8 Å². The van der Waals surface area contributed by atoms with Gasteiger partial charge in [-0.2, -0.15) is 0 Å². The Morgan fingerprint density at radius 1 is 1.07 bits per heavy atom. The number of hydrogen-bond acceptors (Lipinski definition) is 7. The Kier molecular flexibility index (Phi) is 7.60. The van der Waals surface area contributed by atoms with Crippen LogP contribution >= 0.6 is 0 Å². The van der Waals surface area contributed by atoms with E-state index in [4.69, 9.17) is 15.2 Å². The standard InChI is InChI=1S/C31H33N3O6/c1-19-13-22(28(32)36)5-8-26(19)23-14-20(15-25(35)16-23)17-34-11-12-40-18-27(34)29(37)33-31(9-10-31)24-6-3-21(4-7-24)30(38)39-2/h3-8,13-16,27,35H,9-12,17-18H2,1-2H3,(H2,32,36)(H,33,37)/t27-/m1/s1. The van der Waals surface area contributed by atoms with Gasteiger partial charge >= 0.3 is 5.97 Å². The van der Waals surface area contributed by atoms with Crippen LogP contribution in [0, 0.1) is 6.92 Å². The minimum atomic E-state index is -0.497. The molecule has 4 N–H and O–H groups in total. The van der Waals surface area contributed by atoms with Crippen LogP contribution in [0.1, 0.15) is 50.2 Å². The van der Waals surface area contributed by atoms with Crippen molar-refractivity contribution >= 4 is 17.8 Å². The van der Waals surface area contributed by atoms with Crippen LogP contribution in [0.5, 0.6) is 5.75 Å². The molecule has 2 amide bonds. The minimum absolute atomic E-state index is 0.118. The zero-order valence-corrected chi connectivity index (χ0v) is 22.6. The second-order valence-electron chi connectivity index (χ2n) is 10.5. The summed E-state index contributed by atoms with van der Waals surface area (Å²) >= 11 is 0. The molecule has 9 heteroatoms. The van der Waals surface area contributed by atoms with Crippen molar-refractivity contribution in [3.05, 3.63) is 88.5 Å². The molecule has 1 heterocycles. The van der Waals surface area contributed by atoms with Gasteiger partial charge in [-0.25, -0.2) is 4.79 Å². The first-order valence-electron chi connectivity index (χ1n) is 13.3. The molecular formula is C31H33N3O6. The van der Waals surface area contributed by atoms with Crippen LogP contribution in [0.15, 0.2) is 60.7 Å². The molecule has 208 valence electrons. The average molecular weight is 544 g/mol. The summed E-state index contributed by atoms with van der Waals surface area (Å²) in [7, 11) is 1.35. The van der Waals surface area contributed by atoms with E-state index in [1.54, 1.807) is 36.4 Å². The Bertz CT molecular complexity index is 1450. The van der Waals surface area contributed by atoms with Gasteiger partial charge in [-0.15, -0.1) is 0 Å². The van der Waals surface area contributed by atoms with Crippen molar-refractivity contribution in [1.29, 1.82) is 0 Å². The number of aromatic hydroxyl groups is 1. The molecule has 1 saturated carbocycles. The molecule has 0 unspecified atom stereocenters. The van der Waals surface area contributed by atoms with Gasteiger partial charge in [-0.05, 0) is 90.0 Å². The highest BCUT2D eigenvalue weighted by molar-refractivity contribution is 5.94. The molecule has 5 rings (SSSR count). The SMILES string of the molecule is COC(=O)c1ccc(C2(NC(=O)[C@H]3COCCN3Cc3cc(O)cc(-c4ccc(C(N)=O)cc4C)c3)CC2)cc1. The first-order valence-corrected chi connectivity index (χ1v) is 13.3. The van der Waals surface area contributed by atoms with E-state index in [9.17, 15) is 19.5 Å². The third kappa shape index (κ3) is 5.71. The van der Waals surface area contributed by atoms with E-state index in [1.807, 2.05) is 31.2 Å². The van der Waals surface area contributed by atoms with Gasteiger partial charge in [-0.1, -0.05) is 18.2 Å². The summed E-state index contributed by atoms with van der Waals surface area (Å²) in [6.07, 6.45) is 1.63. The van der Waals surface area contributed by atoms with Crippen molar-refractivity contribution in [2.24, 2.45) is 5.73 Å². The second-order valence-corrected chi connectivity index (χ2v) is 10.5. The van der Waals surface area contributed by atoms with Crippen molar-refractivity contribution in [2.75, 3.05) is 26.9 Å². The zero-order valence-electron chi connectivity index (χ0n) is 22.6. The highest BCUT2D eigenvalue weighted by Gasteiger charge is 2.47. The number of nitrogens with one attached hydrogen (secondary N) is 1. The molecule has 9 nitrogen and oxygen atoms in total. The molecule has 0 spiro atoms. The van der Waals surface area contributed by atoms with Crippen molar-refractivity contribution in [1.82, 2.24) is 10.2 Å². The van der Waals surface area contributed by atoms with Gasteiger partial charge in [0.05, 0.1) is 31.4 Å². The fourth-order valence-corrected chi connectivity index (χ4v) is 5.34. The molecule has 0 bridgehead atoms. The molecule has 3 aromatic carbocycles. The van der Waals surface area contributed by atoms with Crippen LogP contribution in [0.3, 0.4) is 0 Å². The molecule has 2 aliphatic rings. The van der Waals surface area contributed by atoms with Gasteiger partial charge in [0.15, 0.2) is 0 Å². The highest BCUT2D eigenvalue weighted by Crippen LogP contribution is 2.45. The molecule has 1 saturated heterocycles. The topological polar surface area (TPSA) is 131 Å². The number of benzene rings is 3. The van der Waals surface area contributed by atoms with Crippen LogP contribution < -0.4 is 11.1 Å². The Morgan fingerprint density at radius 3 is 2.45 bits per heavy atom. The third-order valence-electron chi connectivity index (χ3n) is 7.70. The predicted molar refractivity (Wildman–Crippen MR) is 149 cm³/mol. The number of hydrogen-bond donors (Lipinski definition) is 3. The van der Waals surface area contributed by atoms with Gasteiger partial charge < -0.3 is 25.6 Å². The Hall–Kier alpha value is -4.21. The number of nitrogens with zero attached hydrogens (tertiary/aromatic N) is 1. The molecular weight excluding hydrogens is 510 g/mol. The summed E-state index contributed by atoms with van der Waals surface area (Å²) in [6, 6.07) is 17.3. The lowest BCUT2D eigenvalue weighted by Crippen LogP contribution is -2.55. The third-order valence-corrected chi connectivity index (χ3v) is 7.70. The predicted octanol–water partition coefficient (Wildman–Crippen LogP) is 3.26. The number of ether oxygens (including phenoxy) is 2. The smallest absolute Gasteiger partial charge is 0.337 e. The maximum Gasteiger partial charge on any atom is 0.337 e. The Morgan fingerprint density at radius 2 is 1.80 bits per heavy atom. The number of morpholine rings is 1. The Labute approximate surface area is 232 Å². The summed E-state index contributed by atoms with van der Waals surface area (Å²) in [4.78, 5) is 39.0. The maximum absolute atomic E-state index is 13.5. The number of esters is 1. The lowest BCUT2D eigenvalue weighted by molar-refractivity contribution is -0.134. The number of phenols is 1. The van der Waals surface area contributed by atoms with Crippen LogP contribution in [0.25, 0.3) is 11.1 Å². The molecule has 3 aromatic rings. The number of carbonyl (C=O) groups excluding carboxylic acids is 3. The molecule has 40 heavy (non-hydrogen) atoms. The van der Waals surface area contributed by atoms with Crippen molar-refractivity contribution in [2.45, 2.75) is 37.9 Å². The van der Waals surface area contributed by atoms with Crippen LogP contribution in [0.4, 0.5) is 0 Å². The van der Waals surface area contributed by atoms with E-state index in [0.29, 0.717) is 30.8 Å². The van der Waals surface area contributed by atoms with Gasteiger partial charge in [0.2, 0.25) is 11.8 Å². The number of primary amides is 1. The van der Waals surface area contributed by atoms with E-state index >= 15 is 0 Å². The number of phenolic OH excluding ortho intramolecular Hbond substituents is 1. The quantitative estimate of drug-likeness (QED) is 0.372. The summed E-state index contributed by atoms with van der Waals surface area (Å²) in [5, 5.41) is 13.8. The first kappa shape index (κ1) is 27.4. The lowest BCUT2D eigenvalue weighted by atomic mass is 9.96. The van der Waals surface area contributed by atoms with Crippen molar-refractivity contribution in [3.8, 4) is 16.9 Å². The number of methoxy groups -OCH3 is 1. The highest BCUT2D eigenvalue weighted by atomic mass is 16.5. The normalized spacial score (nSPS) is 18.1. The zero-order chi connectivity index (χ0) is 28.4. The number of rotatable bonds is 8. The Balaban J connectivity index is 1.32. The maximum atomic E-state index is 13.5. The first-order chi connectivity index (χ1) is 19.2. The lowest BCUT2D eigenvalue weighted by Gasteiger charge is -2.35. The summed E-state index contributed by atoms with van der Waals surface area (Å²) < 4.78 is 10.5.